The smallest absolute Gasteiger partial charge is 0.414 e. The third-order valence-corrected chi connectivity index (χ3v) is 1.92. The highest BCUT2D eigenvalue weighted by Gasteiger charge is 2.13. The van der Waals surface area contributed by atoms with Crippen LogP contribution in [0.25, 0.3) is 5.65 Å². The van der Waals surface area contributed by atoms with Crippen molar-refractivity contribution in [3.05, 3.63) is 22.5 Å². The molecule has 0 unspecified atom stereocenters. The van der Waals surface area contributed by atoms with Gasteiger partial charge >= 0.3 is 17.6 Å². The minimum absolute atomic E-state index is 0.0600. The quantitative estimate of drug-likeness (QED) is 0.461. The first-order chi connectivity index (χ1) is 9.25. The van der Waals surface area contributed by atoms with E-state index in [1.807, 2.05) is 0 Å². The van der Waals surface area contributed by atoms with Gasteiger partial charge in [-0.15, -0.1) is 5.10 Å². The number of hydrogen-bond acceptors (Lipinski definition) is 7. The number of carboxylic acids is 2. The van der Waals surface area contributed by atoms with Crippen LogP contribution in [0.1, 0.15) is 10.5 Å². The molecule has 0 aliphatic rings. The summed E-state index contributed by atoms with van der Waals surface area (Å²) >= 11 is 0. The molecule has 0 saturated carbocycles. The number of aromatic nitrogens is 5. The number of carbonyl (C=O) groups excluding carboxylic acids is 1. The van der Waals surface area contributed by atoms with Crippen molar-refractivity contribution < 1.29 is 24.6 Å². The maximum Gasteiger partial charge on any atom is 0.414 e. The van der Waals surface area contributed by atoms with Crippen molar-refractivity contribution in [1.29, 1.82) is 0 Å². The van der Waals surface area contributed by atoms with E-state index in [1.165, 1.54) is 13.4 Å². The van der Waals surface area contributed by atoms with Crippen molar-refractivity contribution in [2.75, 3.05) is 0 Å². The molecule has 0 radical (unpaired) electrons. The zero-order valence-electron chi connectivity index (χ0n) is 9.92. The molecule has 2 aromatic heterocycles. The lowest BCUT2D eigenvalue weighted by atomic mass is 10.4. The monoisotopic (exact) mass is 284 g/mol. The van der Waals surface area contributed by atoms with Gasteiger partial charge in [0, 0.05) is 7.05 Å². The SMILES string of the molecule is Cn1nnc2c(C(N)=O)ncn2c1=O.O=C(O)C(=O)O. The van der Waals surface area contributed by atoms with Gasteiger partial charge in [0.1, 0.15) is 6.33 Å². The van der Waals surface area contributed by atoms with E-state index in [0.29, 0.717) is 0 Å². The number of primary amides is 1. The van der Waals surface area contributed by atoms with E-state index in [0.717, 1.165) is 9.08 Å². The molecule has 0 fully saturated rings. The molecule has 4 N–H and O–H groups in total. The summed E-state index contributed by atoms with van der Waals surface area (Å²) in [5.74, 6) is -4.39. The molecule has 0 aromatic carbocycles. The summed E-state index contributed by atoms with van der Waals surface area (Å²) in [4.78, 5) is 44.1. The van der Waals surface area contributed by atoms with E-state index in [-0.39, 0.29) is 11.3 Å². The largest absolute Gasteiger partial charge is 0.473 e. The number of nitrogens with two attached hydrogens (primary N) is 1. The average Bonchev–Trinajstić information content (AvgIpc) is 2.79. The van der Waals surface area contributed by atoms with Gasteiger partial charge < -0.3 is 15.9 Å². The molecule has 106 valence electrons. The Labute approximate surface area is 109 Å². The maximum atomic E-state index is 11.4. The molecule has 0 saturated heterocycles. The zero-order chi connectivity index (χ0) is 15.4. The Morgan fingerprint density at radius 3 is 2.25 bits per heavy atom. The number of nitrogens with zero attached hydrogens (tertiary/aromatic N) is 5. The second kappa shape index (κ2) is 5.55. The van der Waals surface area contributed by atoms with Crippen LogP contribution in [0.3, 0.4) is 0 Å². The normalized spacial score (nSPS) is 9.65. The van der Waals surface area contributed by atoms with E-state index in [4.69, 9.17) is 25.5 Å². The van der Waals surface area contributed by atoms with Crippen LogP contribution in [0.15, 0.2) is 11.1 Å². The predicted molar refractivity (Wildman–Crippen MR) is 59.8 cm³/mol. The summed E-state index contributed by atoms with van der Waals surface area (Å²) in [7, 11) is 1.44. The van der Waals surface area contributed by atoms with Crippen LogP contribution in [0.5, 0.6) is 0 Å². The molecule has 12 heteroatoms. The summed E-state index contributed by atoms with van der Waals surface area (Å²) in [6, 6.07) is 0. The number of carboxylic acid groups (broad SMARTS) is 2. The fraction of sp³-hybridized carbons (Fsp3) is 0.125. The van der Waals surface area contributed by atoms with E-state index in [1.54, 1.807) is 0 Å². The van der Waals surface area contributed by atoms with Gasteiger partial charge in [-0.05, 0) is 0 Å². The molecular formula is C8H8N6O6. The van der Waals surface area contributed by atoms with Crippen LogP contribution in [0.4, 0.5) is 0 Å². The van der Waals surface area contributed by atoms with Crippen molar-refractivity contribution >= 4 is 23.5 Å². The maximum absolute atomic E-state index is 11.4. The summed E-state index contributed by atoms with van der Waals surface area (Å²) < 4.78 is 2.13. The Morgan fingerprint density at radius 1 is 1.25 bits per heavy atom. The summed E-state index contributed by atoms with van der Waals surface area (Å²) in [6.07, 6.45) is 1.19. The number of amides is 1. The average molecular weight is 284 g/mol. The first-order valence-corrected chi connectivity index (χ1v) is 4.78. The van der Waals surface area contributed by atoms with Gasteiger partial charge in [-0.25, -0.2) is 23.8 Å². The molecule has 0 aliphatic heterocycles. The first kappa shape index (κ1) is 14.7. The minimum atomic E-state index is -1.82. The Bertz CT molecular complexity index is 733. The van der Waals surface area contributed by atoms with Gasteiger partial charge in [0.15, 0.2) is 11.3 Å². The fourth-order valence-corrected chi connectivity index (χ4v) is 1.05. The molecule has 0 aliphatic carbocycles. The van der Waals surface area contributed by atoms with Gasteiger partial charge in [0.2, 0.25) is 0 Å². The molecule has 2 aromatic rings. The summed E-state index contributed by atoms with van der Waals surface area (Å²) in [6.45, 7) is 0. The fourth-order valence-electron chi connectivity index (χ4n) is 1.05. The van der Waals surface area contributed by atoms with E-state index >= 15 is 0 Å². The van der Waals surface area contributed by atoms with Gasteiger partial charge in [-0.1, -0.05) is 5.21 Å². The van der Waals surface area contributed by atoms with Gasteiger partial charge in [0.25, 0.3) is 5.91 Å². The van der Waals surface area contributed by atoms with Crippen molar-refractivity contribution in [2.24, 2.45) is 12.8 Å². The van der Waals surface area contributed by atoms with Gasteiger partial charge in [0.05, 0.1) is 0 Å². The van der Waals surface area contributed by atoms with E-state index in [9.17, 15) is 9.59 Å². The molecule has 0 bridgehead atoms. The van der Waals surface area contributed by atoms with Crippen molar-refractivity contribution in [3.63, 3.8) is 0 Å². The third-order valence-electron chi connectivity index (χ3n) is 1.92. The van der Waals surface area contributed by atoms with Crippen molar-refractivity contribution in [2.45, 2.75) is 0 Å². The first-order valence-electron chi connectivity index (χ1n) is 4.78. The van der Waals surface area contributed by atoms with E-state index < -0.39 is 23.5 Å². The molecule has 0 atom stereocenters. The van der Waals surface area contributed by atoms with Crippen molar-refractivity contribution in [1.82, 2.24) is 24.4 Å². The number of imidazole rings is 1. The minimum Gasteiger partial charge on any atom is -0.473 e. The highest BCUT2D eigenvalue weighted by atomic mass is 16.4. The molecule has 2 heterocycles. The van der Waals surface area contributed by atoms with Crippen LogP contribution in [-0.2, 0) is 16.6 Å². The van der Waals surface area contributed by atoms with Crippen LogP contribution >= 0.6 is 0 Å². The standard InChI is InChI=1S/C6H6N6O2.C2H2O4/c1-11-6(14)12-2-8-3(4(7)13)5(12)9-10-11;3-1(4)2(5)6/h2H,1H3,(H2,7,13);(H,3,4)(H,5,6). The molecule has 2 rings (SSSR count). The number of carbonyl (C=O) groups is 3. The highest BCUT2D eigenvalue weighted by Crippen LogP contribution is 2.00. The Hall–Kier alpha value is -3.31. The summed E-state index contributed by atoms with van der Waals surface area (Å²) in [5, 5.41) is 21.9. The zero-order valence-corrected chi connectivity index (χ0v) is 9.92. The van der Waals surface area contributed by atoms with Crippen molar-refractivity contribution in [3.8, 4) is 0 Å². The highest BCUT2D eigenvalue weighted by molar-refractivity contribution is 6.27. The third kappa shape index (κ3) is 2.92. The molecule has 12 nitrogen and oxygen atoms in total. The summed E-state index contributed by atoms with van der Waals surface area (Å²) in [5.41, 5.74) is 4.60. The molecule has 1 amide bonds. The number of hydrogen-bond donors (Lipinski definition) is 3. The number of aliphatic carboxylic acids is 2. The van der Waals surface area contributed by atoms with Crippen LogP contribution < -0.4 is 11.4 Å². The number of rotatable bonds is 1. The second-order valence-electron chi connectivity index (χ2n) is 3.26. The lowest BCUT2D eigenvalue weighted by Crippen LogP contribution is -2.27. The van der Waals surface area contributed by atoms with Gasteiger partial charge in [-0.2, -0.15) is 4.68 Å². The molecular weight excluding hydrogens is 276 g/mol. The van der Waals surface area contributed by atoms with Crippen LogP contribution in [-0.4, -0.2) is 52.4 Å². The lowest BCUT2D eigenvalue weighted by Gasteiger charge is -1.95. The molecule has 0 spiro atoms. The number of aryl methyl sites for hydroxylation is 1. The van der Waals surface area contributed by atoms with Gasteiger partial charge in [-0.3, -0.25) is 4.79 Å². The Balaban J connectivity index is 0.000000286. The molecule has 20 heavy (non-hydrogen) atoms. The Morgan fingerprint density at radius 2 is 1.80 bits per heavy atom. The lowest BCUT2D eigenvalue weighted by molar-refractivity contribution is -0.159. The van der Waals surface area contributed by atoms with Crippen LogP contribution in [0.2, 0.25) is 0 Å². The van der Waals surface area contributed by atoms with E-state index in [2.05, 4.69) is 15.3 Å². The Kier molecular flexibility index (Phi) is 4.10. The topological polar surface area (TPSA) is 183 Å². The predicted octanol–water partition coefficient (Wildman–Crippen LogP) is -2.92. The van der Waals surface area contributed by atoms with Crippen LogP contribution in [0, 0.1) is 0 Å². The second-order valence-corrected chi connectivity index (χ2v) is 3.26. The number of fused-ring (bicyclic) bond motifs is 1.